The van der Waals surface area contributed by atoms with Gasteiger partial charge in [-0.1, -0.05) is 20.8 Å². The number of pyridine rings is 1. The van der Waals surface area contributed by atoms with Gasteiger partial charge in [0.1, 0.15) is 11.3 Å². The van der Waals surface area contributed by atoms with E-state index < -0.39 is 11.4 Å². The molecule has 0 spiro atoms. The first-order valence-electron chi connectivity index (χ1n) is 10.1. The van der Waals surface area contributed by atoms with Crippen LogP contribution in [0.4, 0.5) is 0 Å². The van der Waals surface area contributed by atoms with Crippen LogP contribution in [-0.2, 0) is 12.8 Å². The van der Waals surface area contributed by atoms with Gasteiger partial charge in [0.2, 0.25) is 0 Å². The van der Waals surface area contributed by atoms with Crippen LogP contribution in [-0.4, -0.2) is 22.2 Å². The molecule has 3 aromatic rings. The van der Waals surface area contributed by atoms with Gasteiger partial charge in [-0.3, -0.25) is 4.79 Å². The van der Waals surface area contributed by atoms with E-state index in [2.05, 4.69) is 26.8 Å². The minimum absolute atomic E-state index is 0.0168. The molecule has 0 saturated carbocycles. The van der Waals surface area contributed by atoms with Crippen molar-refractivity contribution in [3.05, 3.63) is 63.8 Å². The number of benzene rings is 1. The molecule has 1 atom stereocenters. The van der Waals surface area contributed by atoms with Gasteiger partial charge in [-0.25, -0.2) is 4.79 Å². The molecule has 5 rings (SSSR count). The molecule has 6 heteroatoms. The SMILES string of the molecule is CC(C)(C)[C@@H]1Cc2c(cc(-c3ccoc3)c3c2CCO3)-c2cc(=O)c(C(=O)O)cn21. The van der Waals surface area contributed by atoms with Crippen molar-refractivity contribution in [2.45, 2.75) is 39.7 Å². The predicted molar refractivity (Wildman–Crippen MR) is 112 cm³/mol. The average molecular weight is 405 g/mol. The zero-order valence-electron chi connectivity index (χ0n) is 17.2. The third-order valence-electron chi connectivity index (χ3n) is 6.25. The van der Waals surface area contributed by atoms with Crippen molar-refractivity contribution in [3.63, 3.8) is 0 Å². The molecule has 4 heterocycles. The number of hydrogen-bond acceptors (Lipinski definition) is 4. The molecule has 6 nitrogen and oxygen atoms in total. The van der Waals surface area contributed by atoms with Crippen molar-refractivity contribution in [1.29, 1.82) is 0 Å². The monoisotopic (exact) mass is 405 g/mol. The summed E-state index contributed by atoms with van der Waals surface area (Å²) >= 11 is 0. The number of carboxylic acid groups (broad SMARTS) is 1. The van der Waals surface area contributed by atoms with Crippen LogP contribution in [0.25, 0.3) is 22.4 Å². The molecule has 0 unspecified atom stereocenters. The maximum atomic E-state index is 12.6. The van der Waals surface area contributed by atoms with Crippen molar-refractivity contribution in [2.75, 3.05) is 6.61 Å². The van der Waals surface area contributed by atoms with E-state index in [0.29, 0.717) is 6.61 Å². The van der Waals surface area contributed by atoms with E-state index in [1.165, 1.54) is 23.4 Å². The number of carboxylic acids is 1. The van der Waals surface area contributed by atoms with E-state index >= 15 is 0 Å². The molecule has 0 radical (unpaired) electrons. The maximum absolute atomic E-state index is 12.6. The molecule has 0 aliphatic carbocycles. The third kappa shape index (κ3) is 2.70. The van der Waals surface area contributed by atoms with Crippen LogP contribution in [0.3, 0.4) is 0 Å². The summed E-state index contributed by atoms with van der Waals surface area (Å²) in [5, 5.41) is 9.51. The molecule has 30 heavy (non-hydrogen) atoms. The smallest absolute Gasteiger partial charge is 0.341 e. The van der Waals surface area contributed by atoms with Crippen molar-refractivity contribution in [2.24, 2.45) is 5.41 Å². The number of rotatable bonds is 2. The highest BCUT2D eigenvalue weighted by Crippen LogP contribution is 2.49. The molecule has 1 N–H and O–H groups in total. The van der Waals surface area contributed by atoms with E-state index in [9.17, 15) is 14.7 Å². The molecule has 0 amide bonds. The fraction of sp³-hybridized carbons (Fsp3) is 0.333. The van der Waals surface area contributed by atoms with Gasteiger partial charge in [0.05, 0.1) is 24.8 Å². The zero-order chi connectivity index (χ0) is 21.2. The molecule has 0 bridgehead atoms. The van der Waals surface area contributed by atoms with Gasteiger partial charge in [0, 0.05) is 47.0 Å². The number of carbonyl (C=O) groups is 1. The molecule has 154 valence electrons. The van der Waals surface area contributed by atoms with Crippen molar-refractivity contribution in [3.8, 4) is 28.1 Å². The maximum Gasteiger partial charge on any atom is 0.341 e. The first-order valence-corrected chi connectivity index (χ1v) is 10.1. The molecule has 2 aromatic heterocycles. The molecular weight excluding hydrogens is 382 g/mol. The van der Waals surface area contributed by atoms with Gasteiger partial charge in [0.25, 0.3) is 0 Å². The van der Waals surface area contributed by atoms with Gasteiger partial charge in [-0.15, -0.1) is 0 Å². The standard InChI is InChI=1S/C24H23NO5/c1-24(2,3)21-9-16-14-5-7-30-22(14)15(13-4-6-29-12-13)8-17(16)19-10-20(26)18(23(27)28)11-25(19)21/h4,6,8,10-12,21H,5,7,9H2,1-3H3,(H,27,28)/t21-/m0/s1. The highest BCUT2D eigenvalue weighted by molar-refractivity contribution is 5.88. The molecule has 2 aliphatic heterocycles. The molecule has 0 fully saturated rings. The lowest BCUT2D eigenvalue weighted by Gasteiger charge is -2.39. The predicted octanol–water partition coefficient (Wildman–Crippen LogP) is 4.55. The summed E-state index contributed by atoms with van der Waals surface area (Å²) in [6.45, 7) is 7.05. The van der Waals surface area contributed by atoms with Crippen LogP contribution in [0.2, 0.25) is 0 Å². The largest absolute Gasteiger partial charge is 0.492 e. The Morgan fingerprint density at radius 3 is 2.67 bits per heavy atom. The summed E-state index contributed by atoms with van der Waals surface area (Å²) in [5.74, 6) is -0.309. The lowest BCUT2D eigenvalue weighted by molar-refractivity contribution is 0.0693. The van der Waals surface area contributed by atoms with Crippen molar-refractivity contribution >= 4 is 5.97 Å². The van der Waals surface area contributed by atoms with Gasteiger partial charge in [-0.2, -0.15) is 0 Å². The Hall–Kier alpha value is -3.28. The highest BCUT2D eigenvalue weighted by atomic mass is 16.5. The number of aromatic nitrogens is 1. The van der Waals surface area contributed by atoms with Crippen molar-refractivity contribution in [1.82, 2.24) is 4.57 Å². The quantitative estimate of drug-likeness (QED) is 0.676. The van der Waals surface area contributed by atoms with Gasteiger partial charge >= 0.3 is 5.97 Å². The molecule has 0 saturated heterocycles. The zero-order valence-corrected chi connectivity index (χ0v) is 17.2. The summed E-state index contributed by atoms with van der Waals surface area (Å²) in [7, 11) is 0. The van der Waals surface area contributed by atoms with Crippen LogP contribution in [0.5, 0.6) is 5.75 Å². The topological polar surface area (TPSA) is 81.7 Å². The second-order valence-electron chi connectivity index (χ2n) is 9.10. The van der Waals surface area contributed by atoms with Crippen LogP contribution >= 0.6 is 0 Å². The van der Waals surface area contributed by atoms with Crippen LogP contribution < -0.4 is 10.2 Å². The van der Waals surface area contributed by atoms with Gasteiger partial charge in [-0.05, 0) is 29.5 Å². The van der Waals surface area contributed by atoms with Crippen molar-refractivity contribution < 1.29 is 19.1 Å². The Labute approximate surface area is 173 Å². The fourth-order valence-electron chi connectivity index (χ4n) is 4.74. The van der Waals surface area contributed by atoms with Crippen LogP contribution in [0.1, 0.15) is 48.3 Å². The highest BCUT2D eigenvalue weighted by Gasteiger charge is 2.37. The van der Waals surface area contributed by atoms with Crippen LogP contribution in [0, 0.1) is 5.41 Å². The lowest BCUT2D eigenvalue weighted by Crippen LogP contribution is -2.33. The number of ether oxygens (including phenoxy) is 1. The normalized spacial score (nSPS) is 17.1. The molecule has 1 aromatic carbocycles. The summed E-state index contributed by atoms with van der Waals surface area (Å²) in [6.07, 6.45) is 6.40. The average Bonchev–Trinajstić information content (AvgIpc) is 3.37. The van der Waals surface area contributed by atoms with Gasteiger partial charge < -0.3 is 18.8 Å². The fourth-order valence-corrected chi connectivity index (χ4v) is 4.74. The summed E-state index contributed by atoms with van der Waals surface area (Å²) < 4.78 is 13.3. The first-order chi connectivity index (χ1) is 14.3. The molecular formula is C24H23NO5. The van der Waals surface area contributed by atoms with Gasteiger partial charge in [0.15, 0.2) is 5.43 Å². The Balaban J connectivity index is 1.84. The second-order valence-corrected chi connectivity index (χ2v) is 9.10. The van der Waals surface area contributed by atoms with E-state index in [-0.39, 0.29) is 17.0 Å². The van der Waals surface area contributed by atoms with E-state index in [4.69, 9.17) is 9.15 Å². The Morgan fingerprint density at radius 2 is 2.00 bits per heavy atom. The lowest BCUT2D eigenvalue weighted by atomic mass is 9.76. The number of fused-ring (bicyclic) bond motifs is 5. The summed E-state index contributed by atoms with van der Waals surface area (Å²) in [6, 6.07) is 5.44. The van der Waals surface area contributed by atoms with Crippen LogP contribution in [0.15, 0.2) is 46.1 Å². The number of nitrogens with zero attached hydrogens (tertiary/aromatic N) is 1. The third-order valence-corrected chi connectivity index (χ3v) is 6.25. The van der Waals surface area contributed by atoms with E-state index in [1.807, 2.05) is 10.6 Å². The summed E-state index contributed by atoms with van der Waals surface area (Å²) in [5.41, 5.74) is 5.14. The number of hydrogen-bond donors (Lipinski definition) is 1. The minimum atomic E-state index is -1.20. The Bertz CT molecular complexity index is 1230. The Kier molecular flexibility index (Phi) is 3.97. The van der Waals surface area contributed by atoms with E-state index in [0.717, 1.165) is 41.0 Å². The number of aromatic carboxylic acids is 1. The minimum Gasteiger partial charge on any atom is -0.492 e. The second kappa shape index (κ2) is 6.36. The molecule has 2 aliphatic rings. The summed E-state index contributed by atoms with van der Waals surface area (Å²) in [4.78, 5) is 24.2. The first kappa shape index (κ1) is 18.7. The Morgan fingerprint density at radius 1 is 1.20 bits per heavy atom. The number of furan rings is 1. The van der Waals surface area contributed by atoms with E-state index in [1.54, 1.807) is 12.5 Å².